The fourth-order valence-corrected chi connectivity index (χ4v) is 3.86. The Morgan fingerprint density at radius 2 is 1.82 bits per heavy atom. The summed E-state index contributed by atoms with van der Waals surface area (Å²) in [6.45, 7) is 0. The van der Waals surface area contributed by atoms with Gasteiger partial charge in [-0.25, -0.2) is 4.79 Å². The quantitative estimate of drug-likeness (QED) is 0.758. The van der Waals surface area contributed by atoms with Crippen LogP contribution in [0.3, 0.4) is 0 Å². The average Bonchev–Trinajstić information content (AvgIpc) is 3.17. The van der Waals surface area contributed by atoms with E-state index < -0.39 is 11.4 Å². The molecule has 6 heteroatoms. The zero-order valence-electron chi connectivity index (χ0n) is 15.8. The van der Waals surface area contributed by atoms with Crippen molar-refractivity contribution in [2.75, 3.05) is 14.2 Å². The number of rotatable bonds is 4. The summed E-state index contributed by atoms with van der Waals surface area (Å²) in [4.78, 5) is 11.9. The van der Waals surface area contributed by atoms with E-state index in [0.717, 1.165) is 22.4 Å². The molecule has 1 aliphatic carbocycles. The van der Waals surface area contributed by atoms with E-state index in [1.165, 1.54) is 4.68 Å². The van der Waals surface area contributed by atoms with E-state index in [9.17, 15) is 4.79 Å². The first-order valence-electron chi connectivity index (χ1n) is 8.93. The van der Waals surface area contributed by atoms with Gasteiger partial charge in [0.15, 0.2) is 11.5 Å². The maximum Gasteiger partial charge on any atom is 0.339 e. The van der Waals surface area contributed by atoms with E-state index in [1.807, 2.05) is 42.5 Å². The summed E-state index contributed by atoms with van der Waals surface area (Å²) in [7, 11) is 3.23. The predicted molar refractivity (Wildman–Crippen MR) is 107 cm³/mol. The standard InChI is InChI=1S/C22H21N3O3/c1-27-19-9-8-17(12-20(19)28-2)22(16-6-4-3-5-7-16)11-10-15-14-24-25(21(23)26)18(15)13-22/h3-12,14H,13H2,1-2H3,(H2,23,26). The fraction of sp³-hybridized carbons (Fsp3) is 0.182. The van der Waals surface area contributed by atoms with Gasteiger partial charge in [-0.2, -0.15) is 9.78 Å². The van der Waals surface area contributed by atoms with Gasteiger partial charge in [0.25, 0.3) is 0 Å². The molecule has 1 amide bonds. The predicted octanol–water partition coefficient (Wildman–Crippen LogP) is 3.38. The molecule has 0 saturated heterocycles. The van der Waals surface area contributed by atoms with E-state index in [1.54, 1.807) is 20.4 Å². The average molecular weight is 375 g/mol. The normalized spacial score (nSPS) is 17.8. The van der Waals surface area contributed by atoms with Crippen LogP contribution < -0.4 is 15.2 Å². The van der Waals surface area contributed by atoms with Gasteiger partial charge in [-0.05, 0) is 23.3 Å². The molecule has 1 heterocycles. The topological polar surface area (TPSA) is 79.4 Å². The number of carbonyl (C=O) groups excluding carboxylic acids is 1. The van der Waals surface area contributed by atoms with Gasteiger partial charge in [-0.1, -0.05) is 48.6 Å². The van der Waals surface area contributed by atoms with Gasteiger partial charge < -0.3 is 15.2 Å². The molecule has 28 heavy (non-hydrogen) atoms. The molecule has 6 nitrogen and oxygen atoms in total. The van der Waals surface area contributed by atoms with Crippen LogP contribution in [0.2, 0.25) is 0 Å². The lowest BCUT2D eigenvalue weighted by Gasteiger charge is -2.35. The van der Waals surface area contributed by atoms with Gasteiger partial charge in [0.05, 0.1) is 26.1 Å². The smallest absolute Gasteiger partial charge is 0.339 e. The first-order valence-corrected chi connectivity index (χ1v) is 8.93. The number of ether oxygens (including phenoxy) is 2. The van der Waals surface area contributed by atoms with Crippen LogP contribution in [0.1, 0.15) is 22.4 Å². The lowest BCUT2D eigenvalue weighted by atomic mass is 9.68. The van der Waals surface area contributed by atoms with Crippen molar-refractivity contribution >= 4 is 12.1 Å². The molecule has 0 bridgehead atoms. The highest BCUT2D eigenvalue weighted by molar-refractivity contribution is 5.77. The van der Waals surface area contributed by atoms with Gasteiger partial charge >= 0.3 is 6.03 Å². The van der Waals surface area contributed by atoms with Crippen molar-refractivity contribution in [1.29, 1.82) is 0 Å². The molecule has 0 spiro atoms. The van der Waals surface area contributed by atoms with E-state index in [2.05, 4.69) is 23.3 Å². The van der Waals surface area contributed by atoms with E-state index >= 15 is 0 Å². The minimum absolute atomic E-state index is 0.499. The summed E-state index contributed by atoms with van der Waals surface area (Å²) in [5, 5.41) is 4.16. The molecule has 142 valence electrons. The van der Waals surface area contributed by atoms with Crippen LogP contribution >= 0.6 is 0 Å². The van der Waals surface area contributed by atoms with Crippen molar-refractivity contribution < 1.29 is 14.3 Å². The summed E-state index contributed by atoms with van der Waals surface area (Å²) < 4.78 is 12.2. The van der Waals surface area contributed by atoms with Crippen LogP contribution in [-0.4, -0.2) is 30.0 Å². The lowest BCUT2D eigenvalue weighted by molar-refractivity contribution is 0.246. The van der Waals surface area contributed by atoms with Crippen molar-refractivity contribution in [3.05, 3.63) is 83.2 Å². The molecular formula is C22H21N3O3. The molecule has 0 fully saturated rings. The third-order valence-electron chi connectivity index (χ3n) is 5.29. The van der Waals surface area contributed by atoms with E-state index in [0.29, 0.717) is 17.9 Å². The second-order valence-electron chi connectivity index (χ2n) is 6.71. The van der Waals surface area contributed by atoms with Crippen molar-refractivity contribution in [2.24, 2.45) is 5.73 Å². The fourth-order valence-electron chi connectivity index (χ4n) is 3.86. The second-order valence-corrected chi connectivity index (χ2v) is 6.71. The molecule has 3 aromatic rings. The van der Waals surface area contributed by atoms with Gasteiger partial charge in [0, 0.05) is 17.4 Å². The van der Waals surface area contributed by atoms with Crippen LogP contribution in [0.25, 0.3) is 6.08 Å². The number of primary amides is 1. The highest BCUT2D eigenvalue weighted by Crippen LogP contribution is 2.43. The van der Waals surface area contributed by atoms with Crippen LogP contribution in [0.5, 0.6) is 11.5 Å². The Hall–Kier alpha value is -3.54. The number of aromatic nitrogens is 2. The summed E-state index contributed by atoms with van der Waals surface area (Å²) in [6.07, 6.45) is 6.36. The van der Waals surface area contributed by atoms with Crippen molar-refractivity contribution in [3.63, 3.8) is 0 Å². The Kier molecular flexibility index (Phi) is 4.39. The van der Waals surface area contributed by atoms with Crippen molar-refractivity contribution in [3.8, 4) is 11.5 Å². The Morgan fingerprint density at radius 1 is 1.07 bits per heavy atom. The van der Waals surface area contributed by atoms with Crippen LogP contribution in [0.4, 0.5) is 4.79 Å². The first kappa shape index (κ1) is 17.9. The Morgan fingerprint density at radius 3 is 2.50 bits per heavy atom. The number of allylic oxidation sites excluding steroid dienone is 1. The molecule has 2 N–H and O–H groups in total. The molecule has 0 aliphatic heterocycles. The molecule has 0 radical (unpaired) electrons. The van der Waals surface area contributed by atoms with Crippen LogP contribution in [-0.2, 0) is 11.8 Å². The minimum atomic E-state index is -0.592. The Bertz CT molecular complexity index is 1060. The summed E-state index contributed by atoms with van der Waals surface area (Å²) in [5.74, 6) is 1.31. The monoisotopic (exact) mass is 375 g/mol. The Balaban J connectivity index is 1.93. The molecule has 1 aromatic heterocycles. The number of nitrogens with two attached hydrogens (primary N) is 1. The molecule has 1 unspecified atom stereocenters. The number of benzene rings is 2. The molecule has 4 rings (SSSR count). The van der Waals surface area contributed by atoms with Gasteiger partial charge in [-0.3, -0.25) is 0 Å². The number of nitrogens with zero attached hydrogens (tertiary/aromatic N) is 2. The SMILES string of the molecule is COc1ccc(C2(c3ccccc3)C=Cc3cnn(C(N)=O)c3C2)cc1OC. The first-order chi connectivity index (χ1) is 13.6. The number of amides is 1. The van der Waals surface area contributed by atoms with Gasteiger partial charge in [0.1, 0.15) is 0 Å². The number of hydrogen-bond acceptors (Lipinski definition) is 4. The maximum atomic E-state index is 11.9. The summed E-state index contributed by atoms with van der Waals surface area (Å²) in [5.41, 5.74) is 8.84. The highest BCUT2D eigenvalue weighted by Gasteiger charge is 2.37. The molecule has 1 aliphatic rings. The minimum Gasteiger partial charge on any atom is -0.493 e. The molecule has 1 atom stereocenters. The number of methoxy groups -OCH3 is 2. The molecule has 2 aromatic carbocycles. The van der Waals surface area contributed by atoms with Crippen molar-refractivity contribution in [1.82, 2.24) is 9.78 Å². The number of carbonyl (C=O) groups is 1. The Labute approximate surface area is 163 Å². The van der Waals surface area contributed by atoms with Crippen molar-refractivity contribution in [2.45, 2.75) is 11.8 Å². The zero-order valence-corrected chi connectivity index (χ0v) is 15.8. The summed E-state index contributed by atoms with van der Waals surface area (Å²) >= 11 is 0. The van der Waals surface area contributed by atoms with Crippen LogP contribution in [0, 0.1) is 0 Å². The van der Waals surface area contributed by atoms with Crippen LogP contribution in [0.15, 0.2) is 60.8 Å². The zero-order chi connectivity index (χ0) is 19.7. The highest BCUT2D eigenvalue weighted by atomic mass is 16.5. The van der Waals surface area contributed by atoms with Gasteiger partial charge in [-0.15, -0.1) is 0 Å². The largest absolute Gasteiger partial charge is 0.493 e. The molecular weight excluding hydrogens is 354 g/mol. The second kappa shape index (κ2) is 6.88. The number of fused-ring (bicyclic) bond motifs is 1. The van der Waals surface area contributed by atoms with E-state index in [-0.39, 0.29) is 0 Å². The number of hydrogen-bond donors (Lipinski definition) is 1. The third kappa shape index (κ3) is 2.74. The maximum absolute atomic E-state index is 11.9. The third-order valence-corrected chi connectivity index (χ3v) is 5.29. The lowest BCUT2D eigenvalue weighted by Crippen LogP contribution is -2.33. The van der Waals surface area contributed by atoms with E-state index in [4.69, 9.17) is 15.2 Å². The summed E-state index contributed by atoms with van der Waals surface area (Å²) in [6, 6.07) is 15.5. The molecule has 0 saturated carbocycles. The van der Waals surface area contributed by atoms with Gasteiger partial charge in [0.2, 0.25) is 0 Å².